The van der Waals surface area contributed by atoms with Gasteiger partial charge in [-0.25, -0.2) is 9.78 Å². The summed E-state index contributed by atoms with van der Waals surface area (Å²) in [5.74, 6) is -1.05. The molecule has 1 heterocycles. The number of nitrogens with zero attached hydrogens (tertiary/aromatic N) is 3. The molecule has 1 aromatic rings. The highest BCUT2D eigenvalue weighted by Gasteiger charge is 1.97. The molecule has 0 bridgehead atoms. The highest BCUT2D eigenvalue weighted by atomic mass is 16.6. The summed E-state index contributed by atoms with van der Waals surface area (Å²) in [5.41, 5.74) is 0.776. The maximum atomic E-state index is 10.1. The molecule has 0 aliphatic carbocycles. The SMILES string of the molecule is CCn1cncc1C=NOCC(=O)O. The third kappa shape index (κ3) is 2.89. The monoisotopic (exact) mass is 197 g/mol. The molecule has 1 aromatic heterocycles. The van der Waals surface area contributed by atoms with Gasteiger partial charge in [-0.3, -0.25) is 0 Å². The Bertz CT molecular complexity index is 332. The van der Waals surface area contributed by atoms with Gasteiger partial charge in [0, 0.05) is 6.54 Å². The Labute approximate surface area is 80.8 Å². The van der Waals surface area contributed by atoms with E-state index in [1.165, 1.54) is 6.21 Å². The van der Waals surface area contributed by atoms with Gasteiger partial charge >= 0.3 is 5.97 Å². The van der Waals surface area contributed by atoms with Crippen LogP contribution >= 0.6 is 0 Å². The highest BCUT2D eigenvalue weighted by Crippen LogP contribution is 1.95. The Hall–Kier alpha value is -1.85. The smallest absolute Gasteiger partial charge is 0.344 e. The summed E-state index contributed by atoms with van der Waals surface area (Å²) >= 11 is 0. The second-order valence-corrected chi connectivity index (χ2v) is 2.51. The minimum atomic E-state index is -1.05. The van der Waals surface area contributed by atoms with Crippen LogP contribution in [-0.4, -0.2) is 33.4 Å². The summed E-state index contributed by atoms with van der Waals surface area (Å²) in [5, 5.41) is 11.8. The standard InChI is InChI=1S/C8H11N3O3/c1-2-11-6-9-3-7(11)4-10-14-5-8(12)13/h3-4,6H,2,5H2,1H3,(H,12,13). The molecule has 0 saturated heterocycles. The van der Waals surface area contributed by atoms with Crippen molar-refractivity contribution < 1.29 is 14.7 Å². The first-order chi connectivity index (χ1) is 6.74. The van der Waals surface area contributed by atoms with Gasteiger partial charge in [0.15, 0.2) is 0 Å². The molecule has 6 nitrogen and oxygen atoms in total. The van der Waals surface area contributed by atoms with Crippen LogP contribution in [0.3, 0.4) is 0 Å². The van der Waals surface area contributed by atoms with Crippen LogP contribution in [0.4, 0.5) is 0 Å². The molecule has 0 aliphatic rings. The summed E-state index contributed by atoms with van der Waals surface area (Å²) in [7, 11) is 0. The lowest BCUT2D eigenvalue weighted by atomic mass is 10.5. The molecule has 0 unspecified atom stereocenters. The first-order valence-electron chi connectivity index (χ1n) is 4.11. The molecule has 6 heteroatoms. The van der Waals surface area contributed by atoms with Crippen LogP contribution < -0.4 is 0 Å². The van der Waals surface area contributed by atoms with Crippen molar-refractivity contribution in [2.45, 2.75) is 13.5 Å². The van der Waals surface area contributed by atoms with Gasteiger partial charge in [-0.05, 0) is 6.92 Å². The van der Waals surface area contributed by atoms with Gasteiger partial charge in [0.25, 0.3) is 0 Å². The van der Waals surface area contributed by atoms with E-state index in [-0.39, 0.29) is 0 Å². The van der Waals surface area contributed by atoms with Crippen LogP contribution in [0.5, 0.6) is 0 Å². The number of aryl methyl sites for hydroxylation is 1. The zero-order chi connectivity index (χ0) is 10.4. The Kier molecular flexibility index (Phi) is 3.66. The average Bonchev–Trinajstić information content (AvgIpc) is 2.59. The molecule has 1 rings (SSSR count). The molecule has 0 aromatic carbocycles. The van der Waals surface area contributed by atoms with Crippen LogP contribution in [0.25, 0.3) is 0 Å². The predicted octanol–water partition coefficient (Wildman–Crippen LogP) is 0.338. The van der Waals surface area contributed by atoms with Crippen molar-refractivity contribution in [2.24, 2.45) is 5.16 Å². The van der Waals surface area contributed by atoms with Crippen molar-refractivity contribution in [3.8, 4) is 0 Å². The van der Waals surface area contributed by atoms with Crippen LogP contribution in [0.15, 0.2) is 17.7 Å². The van der Waals surface area contributed by atoms with E-state index in [2.05, 4.69) is 15.0 Å². The fourth-order valence-electron chi connectivity index (χ4n) is 0.886. The molecule has 0 saturated carbocycles. The van der Waals surface area contributed by atoms with Crippen LogP contribution in [0, 0.1) is 0 Å². The van der Waals surface area contributed by atoms with Gasteiger partial charge in [-0.1, -0.05) is 5.16 Å². The lowest BCUT2D eigenvalue weighted by molar-refractivity contribution is -0.142. The summed E-state index contributed by atoms with van der Waals surface area (Å²) in [4.78, 5) is 18.5. The highest BCUT2D eigenvalue weighted by molar-refractivity contribution is 5.76. The summed E-state index contributed by atoms with van der Waals surface area (Å²) in [6, 6.07) is 0. The third-order valence-corrected chi connectivity index (χ3v) is 1.53. The number of hydrogen-bond acceptors (Lipinski definition) is 4. The van der Waals surface area contributed by atoms with Crippen molar-refractivity contribution in [1.82, 2.24) is 9.55 Å². The maximum absolute atomic E-state index is 10.1. The number of rotatable bonds is 5. The van der Waals surface area contributed by atoms with E-state index in [4.69, 9.17) is 5.11 Å². The van der Waals surface area contributed by atoms with Crippen molar-refractivity contribution >= 4 is 12.2 Å². The molecular weight excluding hydrogens is 186 g/mol. The van der Waals surface area contributed by atoms with Gasteiger partial charge in [-0.2, -0.15) is 0 Å². The van der Waals surface area contributed by atoms with E-state index in [1.807, 2.05) is 11.5 Å². The molecule has 0 aliphatic heterocycles. The first-order valence-corrected chi connectivity index (χ1v) is 4.11. The number of imidazole rings is 1. The van der Waals surface area contributed by atoms with Gasteiger partial charge in [0.05, 0.1) is 24.4 Å². The van der Waals surface area contributed by atoms with Gasteiger partial charge in [0.2, 0.25) is 6.61 Å². The largest absolute Gasteiger partial charge is 0.479 e. The molecule has 1 N–H and O–H groups in total. The predicted molar refractivity (Wildman–Crippen MR) is 49.1 cm³/mol. The minimum absolute atomic E-state index is 0.434. The zero-order valence-corrected chi connectivity index (χ0v) is 7.75. The Balaban J connectivity index is 2.47. The zero-order valence-electron chi connectivity index (χ0n) is 7.75. The minimum Gasteiger partial charge on any atom is -0.479 e. The van der Waals surface area contributed by atoms with Crippen molar-refractivity contribution in [3.05, 3.63) is 18.2 Å². The number of oxime groups is 1. The van der Waals surface area contributed by atoms with E-state index in [0.29, 0.717) is 0 Å². The maximum Gasteiger partial charge on any atom is 0.344 e. The van der Waals surface area contributed by atoms with E-state index in [9.17, 15) is 4.79 Å². The second-order valence-electron chi connectivity index (χ2n) is 2.51. The van der Waals surface area contributed by atoms with Crippen LogP contribution in [0.1, 0.15) is 12.6 Å². The normalized spacial score (nSPS) is 10.6. The Morgan fingerprint density at radius 1 is 1.86 bits per heavy atom. The Morgan fingerprint density at radius 2 is 2.64 bits per heavy atom. The molecular formula is C8H11N3O3. The lowest BCUT2D eigenvalue weighted by Gasteiger charge is -1.98. The van der Waals surface area contributed by atoms with Crippen molar-refractivity contribution in [3.63, 3.8) is 0 Å². The van der Waals surface area contributed by atoms with Gasteiger partial charge in [-0.15, -0.1) is 0 Å². The van der Waals surface area contributed by atoms with E-state index in [1.54, 1.807) is 12.5 Å². The number of aliphatic carboxylic acids is 1. The molecule has 0 radical (unpaired) electrons. The van der Waals surface area contributed by atoms with E-state index in [0.717, 1.165) is 12.2 Å². The number of carboxylic acid groups (broad SMARTS) is 1. The Morgan fingerprint density at radius 3 is 3.29 bits per heavy atom. The van der Waals surface area contributed by atoms with E-state index < -0.39 is 12.6 Å². The lowest BCUT2D eigenvalue weighted by Crippen LogP contribution is -2.04. The first kappa shape index (κ1) is 10.2. The van der Waals surface area contributed by atoms with Crippen LogP contribution in [-0.2, 0) is 16.2 Å². The molecule has 0 amide bonds. The molecule has 0 spiro atoms. The second kappa shape index (κ2) is 5.00. The number of aromatic nitrogens is 2. The summed E-state index contributed by atoms with van der Waals surface area (Å²) in [6.07, 6.45) is 4.72. The average molecular weight is 197 g/mol. The molecule has 0 atom stereocenters. The van der Waals surface area contributed by atoms with E-state index >= 15 is 0 Å². The third-order valence-electron chi connectivity index (χ3n) is 1.53. The number of carbonyl (C=O) groups is 1. The van der Waals surface area contributed by atoms with Crippen molar-refractivity contribution in [1.29, 1.82) is 0 Å². The molecule has 0 fully saturated rings. The van der Waals surface area contributed by atoms with Crippen molar-refractivity contribution in [2.75, 3.05) is 6.61 Å². The summed E-state index contributed by atoms with van der Waals surface area (Å²) < 4.78 is 1.85. The fraction of sp³-hybridized carbons (Fsp3) is 0.375. The quantitative estimate of drug-likeness (QED) is 0.545. The topological polar surface area (TPSA) is 76.7 Å². The fourth-order valence-corrected chi connectivity index (χ4v) is 0.886. The summed E-state index contributed by atoms with van der Waals surface area (Å²) in [6.45, 7) is 2.31. The van der Waals surface area contributed by atoms with Gasteiger partial charge in [0.1, 0.15) is 0 Å². The number of hydrogen-bond donors (Lipinski definition) is 1. The molecule has 76 valence electrons. The number of carboxylic acids is 1. The van der Waals surface area contributed by atoms with Crippen LogP contribution in [0.2, 0.25) is 0 Å². The van der Waals surface area contributed by atoms with Gasteiger partial charge < -0.3 is 14.5 Å². The molecule has 14 heavy (non-hydrogen) atoms.